The lowest BCUT2D eigenvalue weighted by molar-refractivity contribution is -0.136. The Kier molecular flexibility index (Phi) is 5.90. The van der Waals surface area contributed by atoms with E-state index in [0.29, 0.717) is 18.1 Å². The first-order valence-electron chi connectivity index (χ1n) is 10.2. The molecule has 5 heteroatoms. The van der Waals surface area contributed by atoms with E-state index in [-0.39, 0.29) is 17.1 Å². The number of methoxy groups -OCH3 is 1. The predicted octanol–water partition coefficient (Wildman–Crippen LogP) is 5.28. The number of amides is 1. The molecule has 0 spiro atoms. The Balaban J connectivity index is 1.84. The fraction of sp³-hybridized carbons (Fsp3) is 0.111. The third-order valence-corrected chi connectivity index (χ3v) is 5.33. The minimum Gasteiger partial charge on any atom is -0.490 e. The molecule has 0 unspecified atom stereocenters. The van der Waals surface area contributed by atoms with E-state index in [0.717, 1.165) is 22.0 Å². The lowest BCUT2D eigenvalue weighted by Crippen LogP contribution is -2.24. The van der Waals surface area contributed by atoms with Gasteiger partial charge in [0.2, 0.25) is 0 Å². The van der Waals surface area contributed by atoms with Gasteiger partial charge in [-0.25, -0.2) is 4.79 Å². The molecular weight excluding hydrogens is 402 g/mol. The molecule has 1 heterocycles. The number of esters is 1. The first-order chi connectivity index (χ1) is 15.5. The summed E-state index contributed by atoms with van der Waals surface area (Å²) in [5, 5.41) is 1.93. The van der Waals surface area contributed by atoms with E-state index >= 15 is 0 Å². The molecule has 0 saturated heterocycles. The second-order valence-electron chi connectivity index (χ2n) is 7.32. The molecule has 0 N–H and O–H groups in total. The monoisotopic (exact) mass is 425 g/mol. The molecule has 0 aliphatic carbocycles. The maximum atomic E-state index is 13.6. The van der Waals surface area contributed by atoms with Crippen molar-refractivity contribution in [1.29, 1.82) is 0 Å². The van der Waals surface area contributed by atoms with Crippen LogP contribution < -0.4 is 9.64 Å². The quantitative estimate of drug-likeness (QED) is 0.306. The number of fused-ring (bicyclic) bond motifs is 1. The van der Waals surface area contributed by atoms with Crippen molar-refractivity contribution in [2.45, 2.75) is 6.92 Å². The highest BCUT2D eigenvalue weighted by Crippen LogP contribution is 2.38. The summed E-state index contributed by atoms with van der Waals surface area (Å²) in [6.45, 7) is 5.79. The third kappa shape index (κ3) is 3.81. The van der Waals surface area contributed by atoms with Crippen LogP contribution in [0.3, 0.4) is 0 Å². The normalized spacial score (nSPS) is 14.9. The summed E-state index contributed by atoms with van der Waals surface area (Å²) < 4.78 is 10.6. The van der Waals surface area contributed by atoms with Crippen LogP contribution in [-0.4, -0.2) is 25.6 Å². The maximum Gasteiger partial charge on any atom is 0.340 e. The van der Waals surface area contributed by atoms with E-state index < -0.39 is 5.97 Å². The molecule has 0 fully saturated rings. The number of anilines is 1. The van der Waals surface area contributed by atoms with Crippen molar-refractivity contribution in [2.24, 2.45) is 0 Å². The van der Waals surface area contributed by atoms with Gasteiger partial charge in [-0.3, -0.25) is 9.69 Å². The molecule has 0 bridgehead atoms. The molecule has 1 aliphatic rings. The summed E-state index contributed by atoms with van der Waals surface area (Å²) >= 11 is 0. The van der Waals surface area contributed by atoms with Crippen LogP contribution >= 0.6 is 0 Å². The van der Waals surface area contributed by atoms with Crippen LogP contribution in [0.1, 0.15) is 12.5 Å². The van der Waals surface area contributed by atoms with Gasteiger partial charge in [-0.05, 0) is 42.1 Å². The maximum absolute atomic E-state index is 13.6. The average Bonchev–Trinajstić information content (AvgIpc) is 3.06. The average molecular weight is 425 g/mol. The Morgan fingerprint density at radius 3 is 2.59 bits per heavy atom. The number of benzene rings is 3. The van der Waals surface area contributed by atoms with Crippen molar-refractivity contribution in [3.8, 4) is 5.75 Å². The number of allylic oxidation sites excluding steroid dienone is 1. The van der Waals surface area contributed by atoms with Gasteiger partial charge in [0, 0.05) is 11.1 Å². The van der Waals surface area contributed by atoms with Gasteiger partial charge in [-0.2, -0.15) is 0 Å². The fourth-order valence-corrected chi connectivity index (χ4v) is 3.89. The molecule has 5 nitrogen and oxygen atoms in total. The summed E-state index contributed by atoms with van der Waals surface area (Å²) in [6.07, 6.45) is 3.36. The summed E-state index contributed by atoms with van der Waals surface area (Å²) in [7, 11) is 1.31. The number of carbonyl (C=O) groups excluding carboxylic acids is 2. The van der Waals surface area contributed by atoms with Crippen molar-refractivity contribution in [2.75, 3.05) is 18.6 Å². The number of rotatable bonds is 6. The Labute approximate surface area is 186 Å². The predicted molar refractivity (Wildman–Crippen MR) is 126 cm³/mol. The summed E-state index contributed by atoms with van der Waals surface area (Å²) in [5.74, 6) is -0.184. The van der Waals surface area contributed by atoms with E-state index in [1.807, 2.05) is 66.7 Å². The van der Waals surface area contributed by atoms with Crippen molar-refractivity contribution >= 4 is 34.4 Å². The van der Waals surface area contributed by atoms with Gasteiger partial charge < -0.3 is 9.47 Å². The second kappa shape index (κ2) is 8.94. The molecule has 0 radical (unpaired) electrons. The Hall–Kier alpha value is -4.12. The zero-order chi connectivity index (χ0) is 22.7. The van der Waals surface area contributed by atoms with Gasteiger partial charge in [-0.1, -0.05) is 61.2 Å². The minimum absolute atomic E-state index is 0.253. The number of ether oxygens (including phenoxy) is 2. The van der Waals surface area contributed by atoms with Gasteiger partial charge in [-0.15, -0.1) is 0 Å². The molecule has 1 amide bonds. The van der Waals surface area contributed by atoms with E-state index in [4.69, 9.17) is 9.47 Å². The van der Waals surface area contributed by atoms with E-state index in [1.54, 1.807) is 24.0 Å². The topological polar surface area (TPSA) is 55.8 Å². The number of carbonyl (C=O) groups is 2. The minimum atomic E-state index is -0.552. The highest BCUT2D eigenvalue weighted by Gasteiger charge is 2.38. The highest BCUT2D eigenvalue weighted by molar-refractivity contribution is 6.25. The van der Waals surface area contributed by atoms with Crippen LogP contribution in [0.25, 0.3) is 16.8 Å². The van der Waals surface area contributed by atoms with Crippen LogP contribution in [0.2, 0.25) is 0 Å². The van der Waals surface area contributed by atoms with Gasteiger partial charge in [0.1, 0.15) is 12.4 Å². The molecule has 160 valence electrons. The van der Waals surface area contributed by atoms with E-state index in [9.17, 15) is 9.59 Å². The molecule has 0 atom stereocenters. The van der Waals surface area contributed by atoms with Crippen LogP contribution in [0, 0.1) is 0 Å². The highest BCUT2D eigenvalue weighted by atomic mass is 16.5. The standard InChI is InChI=1S/C27H23NO4/c1-4-15-32-21-12-7-9-19(16-21)17-23-25(27(30)31-3)18(2)28(26(23)29)24-14-8-11-20-10-5-6-13-22(20)24/h4-14,16-17H,1,15H2,2-3H3. The molecule has 1 aliphatic heterocycles. The zero-order valence-electron chi connectivity index (χ0n) is 18.0. The Morgan fingerprint density at radius 1 is 1.06 bits per heavy atom. The molecular formula is C27H23NO4. The Morgan fingerprint density at radius 2 is 1.81 bits per heavy atom. The van der Waals surface area contributed by atoms with Gasteiger partial charge >= 0.3 is 5.97 Å². The lowest BCUT2D eigenvalue weighted by Gasteiger charge is -2.20. The lowest BCUT2D eigenvalue weighted by atomic mass is 10.0. The fourth-order valence-electron chi connectivity index (χ4n) is 3.89. The number of nitrogens with zero attached hydrogens (tertiary/aromatic N) is 1. The molecule has 3 aromatic carbocycles. The first-order valence-corrected chi connectivity index (χ1v) is 10.2. The first kappa shape index (κ1) is 21.1. The number of hydrogen-bond acceptors (Lipinski definition) is 4. The van der Waals surface area contributed by atoms with Crippen molar-refractivity contribution < 1.29 is 19.1 Å². The molecule has 4 rings (SSSR count). The molecule has 32 heavy (non-hydrogen) atoms. The van der Waals surface area contributed by atoms with Gasteiger partial charge in [0.05, 0.1) is 23.9 Å². The van der Waals surface area contributed by atoms with Crippen molar-refractivity contribution in [3.05, 3.63) is 102 Å². The van der Waals surface area contributed by atoms with Crippen molar-refractivity contribution in [1.82, 2.24) is 0 Å². The van der Waals surface area contributed by atoms with Crippen LogP contribution in [0.5, 0.6) is 5.75 Å². The smallest absolute Gasteiger partial charge is 0.340 e. The molecule has 0 saturated carbocycles. The second-order valence-corrected chi connectivity index (χ2v) is 7.32. The van der Waals surface area contributed by atoms with Gasteiger partial charge in [0.15, 0.2) is 0 Å². The molecule has 0 aromatic heterocycles. The van der Waals surface area contributed by atoms with Crippen LogP contribution in [0.15, 0.2) is 96.2 Å². The third-order valence-electron chi connectivity index (χ3n) is 5.33. The van der Waals surface area contributed by atoms with Crippen molar-refractivity contribution in [3.63, 3.8) is 0 Å². The summed E-state index contributed by atoms with van der Waals surface area (Å²) in [6, 6.07) is 20.9. The Bertz CT molecular complexity index is 1280. The molecule has 3 aromatic rings. The van der Waals surface area contributed by atoms with Crippen LogP contribution in [-0.2, 0) is 14.3 Å². The number of hydrogen-bond donors (Lipinski definition) is 0. The van der Waals surface area contributed by atoms with E-state index in [1.165, 1.54) is 7.11 Å². The SMILES string of the molecule is C=CCOc1cccc(C=C2C(=O)N(c3cccc4ccccc34)C(C)=C2C(=O)OC)c1. The van der Waals surface area contributed by atoms with Gasteiger partial charge in [0.25, 0.3) is 5.91 Å². The van der Waals surface area contributed by atoms with Crippen LogP contribution in [0.4, 0.5) is 5.69 Å². The van der Waals surface area contributed by atoms with E-state index in [2.05, 4.69) is 6.58 Å². The summed E-state index contributed by atoms with van der Waals surface area (Å²) in [5.41, 5.74) is 2.52. The zero-order valence-corrected chi connectivity index (χ0v) is 18.0. The largest absolute Gasteiger partial charge is 0.490 e. The summed E-state index contributed by atoms with van der Waals surface area (Å²) in [4.78, 5) is 27.9.